The summed E-state index contributed by atoms with van der Waals surface area (Å²) < 4.78 is 0. The van der Waals surface area contributed by atoms with Crippen molar-refractivity contribution in [2.24, 2.45) is 0 Å². The van der Waals surface area contributed by atoms with Gasteiger partial charge in [0.2, 0.25) is 0 Å². The summed E-state index contributed by atoms with van der Waals surface area (Å²) >= 11 is 4.78. The van der Waals surface area contributed by atoms with Gasteiger partial charge in [-0.1, -0.05) is 30.4 Å². The molecule has 0 fully saturated rings. The highest BCUT2D eigenvalue weighted by molar-refractivity contribution is 7.82. The third-order valence-corrected chi connectivity index (χ3v) is 2.58. The maximum atomic E-state index is 10.6. The topological polar surface area (TPSA) is 53.1 Å². The molecular formula is C11H9NO2S. The van der Waals surface area contributed by atoms with Crippen LogP contribution in [0.3, 0.4) is 0 Å². The number of benzene rings is 1. The quantitative estimate of drug-likeness (QED) is 0.778. The van der Waals surface area contributed by atoms with Crippen molar-refractivity contribution in [2.75, 3.05) is 0 Å². The van der Waals surface area contributed by atoms with E-state index < -0.39 is 5.97 Å². The van der Waals surface area contributed by atoms with Gasteiger partial charge in [-0.25, -0.2) is 4.79 Å². The van der Waals surface area contributed by atoms with Gasteiger partial charge < -0.3 is 10.1 Å². The standard InChI is InChI=1S/C11H9NO2S/c13-11(14)10(15)5-7-6-12-9-4-2-1-3-8(7)9/h1-4,6,12H,5H2,(H,13,14). The molecule has 15 heavy (non-hydrogen) atoms. The molecule has 0 atom stereocenters. The fourth-order valence-corrected chi connectivity index (χ4v) is 1.68. The summed E-state index contributed by atoms with van der Waals surface area (Å²) in [6.45, 7) is 0. The van der Waals surface area contributed by atoms with Crippen molar-refractivity contribution in [3.05, 3.63) is 36.0 Å². The van der Waals surface area contributed by atoms with Crippen LogP contribution < -0.4 is 0 Å². The van der Waals surface area contributed by atoms with Crippen molar-refractivity contribution in [3.63, 3.8) is 0 Å². The molecule has 0 saturated heterocycles. The van der Waals surface area contributed by atoms with Crippen molar-refractivity contribution in [1.29, 1.82) is 0 Å². The van der Waals surface area contributed by atoms with Crippen LogP contribution >= 0.6 is 12.2 Å². The Labute approximate surface area is 91.7 Å². The highest BCUT2D eigenvalue weighted by Gasteiger charge is 2.10. The molecule has 1 aromatic heterocycles. The van der Waals surface area contributed by atoms with E-state index in [2.05, 4.69) is 4.98 Å². The molecule has 3 nitrogen and oxygen atoms in total. The molecular weight excluding hydrogens is 210 g/mol. The molecule has 0 amide bonds. The molecule has 1 aromatic carbocycles. The number of para-hydroxylation sites is 1. The maximum absolute atomic E-state index is 10.6. The predicted molar refractivity (Wildman–Crippen MR) is 62.2 cm³/mol. The van der Waals surface area contributed by atoms with Gasteiger partial charge >= 0.3 is 5.97 Å². The molecule has 0 bridgehead atoms. The fraction of sp³-hybridized carbons (Fsp3) is 0.0909. The number of carboxylic acid groups (broad SMARTS) is 1. The van der Waals surface area contributed by atoms with E-state index in [1.165, 1.54) is 0 Å². The van der Waals surface area contributed by atoms with Crippen LogP contribution in [0.1, 0.15) is 5.56 Å². The Bertz CT molecular complexity index is 530. The number of H-pyrrole nitrogens is 1. The molecule has 2 rings (SSSR count). The van der Waals surface area contributed by atoms with E-state index in [0.717, 1.165) is 16.5 Å². The summed E-state index contributed by atoms with van der Waals surface area (Å²) in [4.78, 5) is 13.7. The summed E-state index contributed by atoms with van der Waals surface area (Å²) in [5.41, 5.74) is 1.93. The number of hydrogen-bond acceptors (Lipinski definition) is 2. The lowest BCUT2D eigenvalue weighted by Crippen LogP contribution is -2.12. The largest absolute Gasteiger partial charge is 0.477 e. The number of hydrogen-bond donors (Lipinski definition) is 2. The average Bonchev–Trinajstić information content (AvgIpc) is 2.62. The SMILES string of the molecule is O=C(O)C(=S)Cc1c[nH]c2ccccc12. The van der Waals surface area contributed by atoms with Crippen LogP contribution in [0.4, 0.5) is 0 Å². The highest BCUT2D eigenvalue weighted by atomic mass is 32.1. The molecule has 0 spiro atoms. The third kappa shape index (κ3) is 1.89. The summed E-state index contributed by atoms with van der Waals surface area (Å²) in [6.07, 6.45) is 2.11. The van der Waals surface area contributed by atoms with Crippen LogP contribution in [0, 0.1) is 0 Å². The van der Waals surface area contributed by atoms with Crippen molar-refractivity contribution in [3.8, 4) is 0 Å². The van der Waals surface area contributed by atoms with Gasteiger partial charge in [0.1, 0.15) is 4.86 Å². The Hall–Kier alpha value is -1.68. The third-order valence-electron chi connectivity index (χ3n) is 2.26. The number of carbonyl (C=O) groups is 1. The molecule has 2 aromatic rings. The Morgan fingerprint density at radius 2 is 2.13 bits per heavy atom. The summed E-state index contributed by atoms with van der Waals surface area (Å²) in [5, 5.41) is 9.73. The number of aromatic nitrogens is 1. The van der Waals surface area contributed by atoms with E-state index in [4.69, 9.17) is 17.3 Å². The van der Waals surface area contributed by atoms with Gasteiger partial charge in [0, 0.05) is 23.5 Å². The molecule has 4 heteroatoms. The van der Waals surface area contributed by atoms with Gasteiger partial charge in [0.05, 0.1) is 0 Å². The summed E-state index contributed by atoms with van der Waals surface area (Å²) in [7, 11) is 0. The van der Waals surface area contributed by atoms with Crippen molar-refractivity contribution in [2.45, 2.75) is 6.42 Å². The number of thiocarbonyl (C=S) groups is 1. The van der Waals surface area contributed by atoms with E-state index in [1.807, 2.05) is 24.3 Å². The van der Waals surface area contributed by atoms with Crippen molar-refractivity contribution in [1.82, 2.24) is 4.98 Å². The number of fused-ring (bicyclic) bond motifs is 1. The molecule has 76 valence electrons. The second-order valence-electron chi connectivity index (χ2n) is 3.26. The van der Waals surface area contributed by atoms with Crippen LogP contribution in [-0.4, -0.2) is 20.9 Å². The van der Waals surface area contributed by atoms with Crippen LogP contribution in [-0.2, 0) is 11.2 Å². The minimum Gasteiger partial charge on any atom is -0.477 e. The Morgan fingerprint density at radius 1 is 1.40 bits per heavy atom. The maximum Gasteiger partial charge on any atom is 0.342 e. The van der Waals surface area contributed by atoms with Crippen LogP contribution in [0.25, 0.3) is 10.9 Å². The first-order valence-corrected chi connectivity index (χ1v) is 4.90. The second kappa shape index (κ2) is 3.82. The summed E-state index contributed by atoms with van der Waals surface area (Å²) in [5.74, 6) is -1.02. The Kier molecular flexibility index (Phi) is 2.51. The molecule has 0 aliphatic rings. The molecule has 0 radical (unpaired) electrons. The molecule has 0 aliphatic heterocycles. The molecule has 0 unspecified atom stereocenters. The fourth-order valence-electron chi connectivity index (χ4n) is 1.53. The number of aliphatic carboxylic acids is 1. The van der Waals surface area contributed by atoms with E-state index in [-0.39, 0.29) is 4.86 Å². The number of carboxylic acids is 1. The first-order valence-electron chi connectivity index (χ1n) is 4.49. The summed E-state index contributed by atoms with van der Waals surface area (Å²) in [6, 6.07) is 7.75. The van der Waals surface area contributed by atoms with Crippen molar-refractivity contribution >= 4 is 34.0 Å². The molecule has 1 heterocycles. The molecule has 2 N–H and O–H groups in total. The highest BCUT2D eigenvalue weighted by Crippen LogP contribution is 2.18. The first kappa shape index (κ1) is 9.86. The number of rotatable bonds is 3. The lowest BCUT2D eigenvalue weighted by molar-refractivity contribution is -0.129. The molecule has 0 aliphatic carbocycles. The number of nitrogens with one attached hydrogen (secondary N) is 1. The minimum atomic E-state index is -1.02. The van der Waals surface area contributed by atoms with Crippen molar-refractivity contribution < 1.29 is 9.90 Å². The van der Waals surface area contributed by atoms with Gasteiger partial charge in [0.25, 0.3) is 0 Å². The molecule has 0 saturated carbocycles. The normalized spacial score (nSPS) is 10.4. The van der Waals surface area contributed by atoms with Gasteiger partial charge in [-0.2, -0.15) is 0 Å². The lowest BCUT2D eigenvalue weighted by Gasteiger charge is -1.96. The van der Waals surface area contributed by atoms with E-state index in [1.54, 1.807) is 6.20 Å². The van der Waals surface area contributed by atoms with Crippen LogP contribution in [0.5, 0.6) is 0 Å². The zero-order chi connectivity index (χ0) is 10.8. The Balaban J connectivity index is 2.37. The first-order chi connectivity index (χ1) is 7.18. The minimum absolute atomic E-state index is 0.0414. The van der Waals surface area contributed by atoms with Gasteiger partial charge in [-0.05, 0) is 11.6 Å². The van der Waals surface area contributed by atoms with E-state index in [0.29, 0.717) is 6.42 Å². The lowest BCUT2D eigenvalue weighted by atomic mass is 10.1. The van der Waals surface area contributed by atoms with Gasteiger partial charge in [-0.3, -0.25) is 0 Å². The zero-order valence-electron chi connectivity index (χ0n) is 7.86. The van der Waals surface area contributed by atoms with Crippen LogP contribution in [0.15, 0.2) is 30.5 Å². The van der Waals surface area contributed by atoms with Gasteiger partial charge in [-0.15, -0.1) is 0 Å². The van der Waals surface area contributed by atoms with E-state index >= 15 is 0 Å². The monoisotopic (exact) mass is 219 g/mol. The Morgan fingerprint density at radius 3 is 2.87 bits per heavy atom. The van der Waals surface area contributed by atoms with Gasteiger partial charge in [0.15, 0.2) is 0 Å². The smallest absolute Gasteiger partial charge is 0.342 e. The van der Waals surface area contributed by atoms with E-state index in [9.17, 15) is 4.79 Å². The number of aromatic amines is 1. The average molecular weight is 219 g/mol. The predicted octanol–water partition coefficient (Wildman–Crippen LogP) is 2.16. The van der Waals surface area contributed by atoms with Crippen LogP contribution in [0.2, 0.25) is 0 Å². The zero-order valence-corrected chi connectivity index (χ0v) is 8.67. The second-order valence-corrected chi connectivity index (χ2v) is 3.76.